The maximum atomic E-state index is 13.6. The van der Waals surface area contributed by atoms with Crippen LogP contribution < -0.4 is 11.1 Å². The summed E-state index contributed by atoms with van der Waals surface area (Å²) in [4.78, 5) is 12.0. The summed E-state index contributed by atoms with van der Waals surface area (Å²) in [6.07, 6.45) is 3.03. The van der Waals surface area contributed by atoms with Crippen LogP contribution in [0.2, 0.25) is 0 Å². The molecule has 0 radical (unpaired) electrons. The first-order valence-electron chi connectivity index (χ1n) is 6.18. The van der Waals surface area contributed by atoms with Crippen molar-refractivity contribution >= 4 is 27.5 Å². The number of amides is 1. The number of anilines is 1. The number of halogens is 3. The van der Waals surface area contributed by atoms with Gasteiger partial charge in [0.05, 0.1) is 0 Å². The third-order valence-corrected chi connectivity index (χ3v) is 3.80. The van der Waals surface area contributed by atoms with Crippen LogP contribution in [-0.4, -0.2) is 11.9 Å². The number of carbonyl (C=O) groups is 1. The smallest absolute Gasteiger partial charge is 0.227 e. The molecule has 1 amide bonds. The molecule has 2 unspecified atom stereocenters. The zero-order valence-electron chi connectivity index (χ0n) is 10.3. The molecular weight excluding hydrogens is 318 g/mol. The predicted octanol–water partition coefficient (Wildman–Crippen LogP) is 3.18. The SMILES string of the molecule is NC1CCCC(C(=O)Nc2c(F)cc(Br)cc2F)C1. The number of carbonyl (C=O) groups excluding carboxylic acids is 1. The maximum absolute atomic E-state index is 13.6. The lowest BCUT2D eigenvalue weighted by Gasteiger charge is -2.25. The zero-order valence-corrected chi connectivity index (χ0v) is 11.8. The lowest BCUT2D eigenvalue weighted by molar-refractivity contribution is -0.120. The van der Waals surface area contributed by atoms with Gasteiger partial charge in [0, 0.05) is 16.4 Å². The van der Waals surface area contributed by atoms with Crippen molar-refractivity contribution in [1.82, 2.24) is 0 Å². The van der Waals surface area contributed by atoms with Crippen LogP contribution in [-0.2, 0) is 4.79 Å². The van der Waals surface area contributed by atoms with Gasteiger partial charge in [0.2, 0.25) is 5.91 Å². The molecule has 1 aliphatic carbocycles. The molecule has 3 nitrogen and oxygen atoms in total. The number of hydrogen-bond acceptors (Lipinski definition) is 2. The summed E-state index contributed by atoms with van der Waals surface area (Å²) >= 11 is 2.99. The van der Waals surface area contributed by atoms with Crippen LogP contribution in [0.3, 0.4) is 0 Å². The van der Waals surface area contributed by atoms with E-state index in [0.717, 1.165) is 25.0 Å². The molecule has 1 aliphatic rings. The molecule has 0 saturated heterocycles. The maximum Gasteiger partial charge on any atom is 0.227 e. The van der Waals surface area contributed by atoms with Gasteiger partial charge >= 0.3 is 0 Å². The van der Waals surface area contributed by atoms with Crippen LogP contribution in [0.15, 0.2) is 16.6 Å². The van der Waals surface area contributed by atoms with Crippen LogP contribution in [0.25, 0.3) is 0 Å². The molecule has 1 aromatic rings. The molecule has 1 aromatic carbocycles. The Kier molecular flexibility index (Phi) is 4.52. The van der Waals surface area contributed by atoms with Crippen molar-refractivity contribution in [3.05, 3.63) is 28.2 Å². The van der Waals surface area contributed by atoms with E-state index in [1.54, 1.807) is 0 Å². The minimum Gasteiger partial charge on any atom is -0.328 e. The average molecular weight is 333 g/mol. The quantitative estimate of drug-likeness (QED) is 0.873. The summed E-state index contributed by atoms with van der Waals surface area (Å²) in [5.41, 5.74) is 5.41. The fourth-order valence-corrected chi connectivity index (χ4v) is 2.75. The Labute approximate surface area is 118 Å². The van der Waals surface area contributed by atoms with E-state index in [2.05, 4.69) is 21.2 Å². The molecule has 0 aromatic heterocycles. The van der Waals surface area contributed by atoms with E-state index in [1.807, 2.05) is 0 Å². The van der Waals surface area contributed by atoms with Crippen LogP contribution in [0.5, 0.6) is 0 Å². The second-order valence-electron chi connectivity index (χ2n) is 4.86. The second-order valence-corrected chi connectivity index (χ2v) is 5.77. The van der Waals surface area contributed by atoms with Gasteiger partial charge in [0.25, 0.3) is 0 Å². The average Bonchev–Trinajstić information content (AvgIpc) is 2.33. The second kappa shape index (κ2) is 5.96. The van der Waals surface area contributed by atoms with Crippen molar-refractivity contribution in [3.63, 3.8) is 0 Å². The van der Waals surface area contributed by atoms with Gasteiger partial charge in [-0.1, -0.05) is 22.4 Å². The number of nitrogens with two attached hydrogens (primary N) is 1. The first-order valence-corrected chi connectivity index (χ1v) is 6.97. The van der Waals surface area contributed by atoms with E-state index < -0.39 is 17.3 Å². The standard InChI is InChI=1S/C13H15BrF2N2O/c14-8-5-10(15)12(11(16)6-8)18-13(19)7-2-1-3-9(17)4-7/h5-7,9H,1-4,17H2,(H,18,19). The molecule has 6 heteroatoms. The monoisotopic (exact) mass is 332 g/mol. The molecule has 0 aliphatic heterocycles. The highest BCUT2D eigenvalue weighted by Gasteiger charge is 2.26. The number of nitrogens with one attached hydrogen (secondary N) is 1. The van der Waals surface area contributed by atoms with E-state index in [4.69, 9.17) is 5.73 Å². The number of hydrogen-bond donors (Lipinski definition) is 2. The highest BCUT2D eigenvalue weighted by molar-refractivity contribution is 9.10. The van der Waals surface area contributed by atoms with E-state index in [-0.39, 0.29) is 17.9 Å². The highest BCUT2D eigenvalue weighted by Crippen LogP contribution is 2.27. The van der Waals surface area contributed by atoms with Gasteiger partial charge in [0.15, 0.2) is 11.6 Å². The van der Waals surface area contributed by atoms with E-state index in [9.17, 15) is 13.6 Å². The van der Waals surface area contributed by atoms with Crippen LogP contribution in [0.4, 0.5) is 14.5 Å². The molecule has 104 valence electrons. The molecule has 19 heavy (non-hydrogen) atoms. The summed E-state index contributed by atoms with van der Waals surface area (Å²) in [7, 11) is 0. The van der Waals surface area contributed by atoms with Gasteiger partial charge in [-0.25, -0.2) is 8.78 Å². The van der Waals surface area contributed by atoms with Crippen LogP contribution in [0.1, 0.15) is 25.7 Å². The van der Waals surface area contributed by atoms with Gasteiger partial charge < -0.3 is 11.1 Å². The van der Waals surface area contributed by atoms with Crippen molar-refractivity contribution in [2.24, 2.45) is 11.7 Å². The molecule has 2 atom stereocenters. The lowest BCUT2D eigenvalue weighted by Crippen LogP contribution is -2.34. The largest absolute Gasteiger partial charge is 0.328 e. The summed E-state index contributed by atoms with van der Waals surface area (Å²) in [5.74, 6) is -2.22. The molecule has 2 rings (SSSR count). The predicted molar refractivity (Wildman–Crippen MR) is 72.6 cm³/mol. The third kappa shape index (κ3) is 3.51. The van der Waals surface area contributed by atoms with Crippen LogP contribution >= 0.6 is 15.9 Å². The Morgan fingerprint density at radius 1 is 1.32 bits per heavy atom. The highest BCUT2D eigenvalue weighted by atomic mass is 79.9. The normalized spacial score (nSPS) is 23.2. The van der Waals surface area contributed by atoms with Gasteiger partial charge in [-0.3, -0.25) is 4.79 Å². The van der Waals surface area contributed by atoms with Crippen LogP contribution in [0, 0.1) is 17.6 Å². The minimum atomic E-state index is -0.791. The number of benzene rings is 1. The Balaban J connectivity index is 2.10. The van der Waals surface area contributed by atoms with Gasteiger partial charge in [-0.2, -0.15) is 0 Å². The Morgan fingerprint density at radius 3 is 2.53 bits per heavy atom. The lowest BCUT2D eigenvalue weighted by atomic mass is 9.85. The first-order chi connectivity index (χ1) is 8.97. The van der Waals surface area contributed by atoms with Crippen molar-refractivity contribution in [1.29, 1.82) is 0 Å². The first kappa shape index (κ1) is 14.4. The third-order valence-electron chi connectivity index (χ3n) is 3.34. The zero-order chi connectivity index (χ0) is 14.0. The van der Waals surface area contributed by atoms with Crippen molar-refractivity contribution in [2.75, 3.05) is 5.32 Å². The summed E-state index contributed by atoms with van der Waals surface area (Å²) < 4.78 is 27.5. The van der Waals surface area contributed by atoms with Crippen molar-refractivity contribution in [3.8, 4) is 0 Å². The molecule has 0 spiro atoms. The van der Waals surface area contributed by atoms with Crippen molar-refractivity contribution in [2.45, 2.75) is 31.7 Å². The number of rotatable bonds is 2. The summed E-state index contributed by atoms with van der Waals surface area (Å²) in [5, 5.41) is 2.33. The molecular formula is C13H15BrF2N2O. The molecule has 0 bridgehead atoms. The molecule has 3 N–H and O–H groups in total. The molecule has 0 heterocycles. The fourth-order valence-electron chi connectivity index (χ4n) is 2.35. The van der Waals surface area contributed by atoms with Gasteiger partial charge in [-0.15, -0.1) is 0 Å². The van der Waals surface area contributed by atoms with Crippen molar-refractivity contribution < 1.29 is 13.6 Å². The summed E-state index contributed by atoms with van der Waals surface area (Å²) in [6, 6.07) is 2.22. The molecule has 1 fully saturated rings. The summed E-state index contributed by atoms with van der Waals surface area (Å²) in [6.45, 7) is 0. The fraction of sp³-hybridized carbons (Fsp3) is 0.462. The minimum absolute atomic E-state index is 0.0101. The molecule has 1 saturated carbocycles. The topological polar surface area (TPSA) is 55.1 Å². The van der Waals surface area contributed by atoms with Gasteiger partial charge in [0.1, 0.15) is 5.69 Å². The van der Waals surface area contributed by atoms with E-state index >= 15 is 0 Å². The Bertz CT molecular complexity index is 473. The van der Waals surface area contributed by atoms with Gasteiger partial charge in [-0.05, 0) is 31.4 Å². The Morgan fingerprint density at radius 2 is 1.95 bits per heavy atom. The Hall–Kier alpha value is -1.01. The van der Waals surface area contributed by atoms with E-state index in [0.29, 0.717) is 17.3 Å². The van der Waals surface area contributed by atoms with E-state index in [1.165, 1.54) is 0 Å².